The molecule has 1 aromatic heterocycles. The Kier molecular flexibility index (Phi) is 4.75. The molecule has 1 aliphatic heterocycles. The number of rotatable bonds is 5. The first-order valence-electron chi connectivity index (χ1n) is 6.31. The molecule has 0 spiro atoms. The average molecular weight is 268 g/mol. The van der Waals surface area contributed by atoms with Crippen LogP contribution in [0.5, 0.6) is 0 Å². The number of anilines is 2. The Hall–Kier alpha value is -1.36. The van der Waals surface area contributed by atoms with Crippen LogP contribution in [-0.2, 0) is 0 Å². The van der Waals surface area contributed by atoms with Gasteiger partial charge in [0.2, 0.25) is 17.2 Å². The molecule has 0 bridgehead atoms. The Labute approximate surface area is 112 Å². The summed E-state index contributed by atoms with van der Waals surface area (Å²) in [4.78, 5) is 14.8. The lowest BCUT2D eigenvalue weighted by molar-refractivity contribution is 0.567. The van der Waals surface area contributed by atoms with Crippen molar-refractivity contribution in [3.8, 4) is 0 Å². The van der Waals surface area contributed by atoms with Gasteiger partial charge in [-0.25, -0.2) is 0 Å². The van der Waals surface area contributed by atoms with Crippen molar-refractivity contribution in [2.24, 2.45) is 0 Å². The molecule has 0 saturated carbocycles. The first kappa shape index (κ1) is 13.1. The summed E-state index contributed by atoms with van der Waals surface area (Å²) in [5.74, 6) is 1.22. The molecule has 0 unspecified atom stereocenters. The molecule has 18 heavy (non-hydrogen) atoms. The number of aromatic nitrogens is 3. The van der Waals surface area contributed by atoms with E-state index in [0.717, 1.165) is 26.1 Å². The van der Waals surface area contributed by atoms with E-state index in [0.29, 0.717) is 11.9 Å². The van der Waals surface area contributed by atoms with Gasteiger partial charge in [-0.05, 0) is 37.3 Å². The van der Waals surface area contributed by atoms with Gasteiger partial charge in [-0.2, -0.15) is 15.0 Å². The van der Waals surface area contributed by atoms with E-state index in [1.165, 1.54) is 19.3 Å². The maximum absolute atomic E-state index is 5.93. The van der Waals surface area contributed by atoms with Crippen molar-refractivity contribution >= 4 is 23.5 Å². The monoisotopic (exact) mass is 267 g/mol. The molecule has 0 aliphatic carbocycles. The highest BCUT2D eigenvalue weighted by Gasteiger charge is 2.15. The Morgan fingerprint density at radius 1 is 1.22 bits per heavy atom. The van der Waals surface area contributed by atoms with E-state index in [1.54, 1.807) is 0 Å². The van der Waals surface area contributed by atoms with Crippen LogP contribution < -0.4 is 10.2 Å². The zero-order valence-electron chi connectivity index (χ0n) is 10.4. The normalized spacial score (nSPS) is 15.5. The molecule has 1 N–H and O–H groups in total. The highest BCUT2D eigenvalue weighted by Crippen LogP contribution is 2.18. The maximum atomic E-state index is 5.93. The van der Waals surface area contributed by atoms with Gasteiger partial charge in [0.25, 0.3) is 0 Å². The quantitative estimate of drug-likeness (QED) is 0.656. The van der Waals surface area contributed by atoms with E-state index < -0.39 is 0 Å². The second-order valence-electron chi connectivity index (χ2n) is 4.28. The Bertz CT molecular complexity index is 403. The minimum absolute atomic E-state index is 0.242. The van der Waals surface area contributed by atoms with Crippen LogP contribution in [0.15, 0.2) is 12.7 Å². The van der Waals surface area contributed by atoms with E-state index in [4.69, 9.17) is 11.6 Å². The Balaban J connectivity index is 2.07. The lowest BCUT2D eigenvalue weighted by atomic mass is 10.1. The summed E-state index contributed by atoms with van der Waals surface area (Å²) in [7, 11) is 0. The molecule has 0 amide bonds. The van der Waals surface area contributed by atoms with Crippen LogP contribution in [0.1, 0.15) is 25.7 Å². The predicted molar refractivity (Wildman–Crippen MR) is 74.2 cm³/mol. The third kappa shape index (κ3) is 3.57. The number of nitrogens with one attached hydrogen (secondary N) is 1. The summed E-state index contributed by atoms with van der Waals surface area (Å²) >= 11 is 5.93. The molecule has 0 aromatic carbocycles. The van der Waals surface area contributed by atoms with Crippen molar-refractivity contribution in [1.29, 1.82) is 0 Å². The summed E-state index contributed by atoms with van der Waals surface area (Å²) in [5.41, 5.74) is 0. The molecule has 6 heteroatoms. The maximum Gasteiger partial charge on any atom is 0.231 e. The summed E-state index contributed by atoms with van der Waals surface area (Å²) in [6.07, 6.45) is 6.36. The van der Waals surface area contributed by atoms with Crippen molar-refractivity contribution in [2.75, 3.05) is 29.9 Å². The fourth-order valence-corrected chi connectivity index (χ4v) is 2.10. The third-order valence-corrected chi connectivity index (χ3v) is 3.04. The van der Waals surface area contributed by atoms with Gasteiger partial charge in [0.1, 0.15) is 0 Å². The second kappa shape index (κ2) is 6.54. The average Bonchev–Trinajstić information content (AvgIpc) is 2.39. The standard InChI is InChI=1S/C12H18ClN5/c1-2-3-7-14-11-15-10(13)16-12(17-11)18-8-5-4-6-9-18/h2H,1,3-9H2,(H,14,15,16,17). The fraction of sp³-hybridized carbons (Fsp3) is 0.583. The molecule has 1 fully saturated rings. The van der Waals surface area contributed by atoms with Gasteiger partial charge in [-0.1, -0.05) is 6.08 Å². The van der Waals surface area contributed by atoms with Crippen LogP contribution in [0.3, 0.4) is 0 Å². The SMILES string of the molecule is C=CCCNc1nc(Cl)nc(N2CCCCC2)n1. The number of hydrogen-bond acceptors (Lipinski definition) is 5. The summed E-state index contributed by atoms with van der Waals surface area (Å²) in [5, 5.41) is 3.36. The van der Waals surface area contributed by atoms with Crippen molar-refractivity contribution in [2.45, 2.75) is 25.7 Å². The smallest absolute Gasteiger partial charge is 0.231 e. The van der Waals surface area contributed by atoms with Crippen molar-refractivity contribution in [3.63, 3.8) is 0 Å². The lowest BCUT2D eigenvalue weighted by Gasteiger charge is -2.26. The zero-order valence-corrected chi connectivity index (χ0v) is 11.2. The number of halogens is 1. The van der Waals surface area contributed by atoms with Crippen molar-refractivity contribution in [1.82, 2.24) is 15.0 Å². The molecule has 0 atom stereocenters. The zero-order chi connectivity index (χ0) is 12.8. The Morgan fingerprint density at radius 2 is 2.00 bits per heavy atom. The minimum Gasteiger partial charge on any atom is -0.354 e. The van der Waals surface area contributed by atoms with Gasteiger partial charge < -0.3 is 10.2 Å². The van der Waals surface area contributed by atoms with E-state index in [9.17, 15) is 0 Å². The number of nitrogens with zero attached hydrogens (tertiary/aromatic N) is 4. The molecule has 98 valence electrons. The predicted octanol–water partition coefficient (Wildman–Crippen LogP) is 2.50. The molecule has 2 heterocycles. The number of piperidine rings is 1. The molecular formula is C12H18ClN5. The molecule has 1 aromatic rings. The topological polar surface area (TPSA) is 53.9 Å². The van der Waals surface area contributed by atoms with Crippen molar-refractivity contribution < 1.29 is 0 Å². The fourth-order valence-electron chi connectivity index (χ4n) is 1.94. The minimum atomic E-state index is 0.242. The van der Waals surface area contributed by atoms with Crippen LogP contribution in [0, 0.1) is 0 Å². The lowest BCUT2D eigenvalue weighted by Crippen LogP contribution is -2.31. The largest absolute Gasteiger partial charge is 0.354 e. The third-order valence-electron chi connectivity index (χ3n) is 2.87. The van der Waals surface area contributed by atoms with Gasteiger partial charge in [0, 0.05) is 19.6 Å². The van der Waals surface area contributed by atoms with Gasteiger partial charge in [0.15, 0.2) is 0 Å². The Morgan fingerprint density at radius 3 is 2.72 bits per heavy atom. The van der Waals surface area contributed by atoms with E-state index in [-0.39, 0.29) is 5.28 Å². The second-order valence-corrected chi connectivity index (χ2v) is 4.62. The molecular weight excluding hydrogens is 250 g/mol. The summed E-state index contributed by atoms with van der Waals surface area (Å²) in [6, 6.07) is 0. The highest BCUT2D eigenvalue weighted by atomic mass is 35.5. The summed E-state index contributed by atoms with van der Waals surface area (Å²) in [6.45, 7) is 6.41. The van der Waals surface area contributed by atoms with Gasteiger partial charge in [-0.15, -0.1) is 6.58 Å². The molecule has 5 nitrogen and oxygen atoms in total. The van der Waals surface area contributed by atoms with Crippen LogP contribution >= 0.6 is 11.6 Å². The van der Waals surface area contributed by atoms with Crippen LogP contribution in [-0.4, -0.2) is 34.6 Å². The molecule has 1 saturated heterocycles. The van der Waals surface area contributed by atoms with Crippen LogP contribution in [0.25, 0.3) is 0 Å². The van der Waals surface area contributed by atoms with Gasteiger partial charge in [-0.3, -0.25) is 0 Å². The molecule has 1 aliphatic rings. The molecule has 2 rings (SSSR count). The number of hydrogen-bond donors (Lipinski definition) is 1. The van der Waals surface area contributed by atoms with Crippen LogP contribution in [0.4, 0.5) is 11.9 Å². The van der Waals surface area contributed by atoms with Crippen molar-refractivity contribution in [3.05, 3.63) is 17.9 Å². The molecule has 0 radical (unpaired) electrons. The highest BCUT2D eigenvalue weighted by molar-refractivity contribution is 6.28. The van der Waals surface area contributed by atoms with Gasteiger partial charge in [0.05, 0.1) is 0 Å². The van der Waals surface area contributed by atoms with E-state index in [2.05, 4.69) is 31.7 Å². The van der Waals surface area contributed by atoms with Crippen LogP contribution in [0.2, 0.25) is 5.28 Å². The first-order valence-corrected chi connectivity index (χ1v) is 6.68. The first-order chi connectivity index (χ1) is 8.79. The van der Waals surface area contributed by atoms with E-state index >= 15 is 0 Å². The van der Waals surface area contributed by atoms with E-state index in [1.807, 2.05) is 6.08 Å². The summed E-state index contributed by atoms with van der Waals surface area (Å²) < 4.78 is 0. The van der Waals surface area contributed by atoms with Gasteiger partial charge >= 0.3 is 0 Å².